The summed E-state index contributed by atoms with van der Waals surface area (Å²) in [5.74, 6) is 1.46. The molecule has 0 aromatic heterocycles. The third kappa shape index (κ3) is 3.22. The molecule has 2 saturated heterocycles. The number of amides is 1. The van der Waals surface area contributed by atoms with Crippen molar-refractivity contribution >= 4 is 5.91 Å². The highest BCUT2D eigenvalue weighted by atomic mass is 16.5. The van der Waals surface area contributed by atoms with Gasteiger partial charge in [-0.1, -0.05) is 24.3 Å². The van der Waals surface area contributed by atoms with Crippen LogP contribution in [0.2, 0.25) is 0 Å². The summed E-state index contributed by atoms with van der Waals surface area (Å²) in [5, 5.41) is 0. The topological polar surface area (TPSA) is 38.8 Å². The van der Waals surface area contributed by atoms with Crippen LogP contribution in [0.1, 0.15) is 30.4 Å². The van der Waals surface area contributed by atoms with Crippen LogP contribution >= 0.6 is 0 Å². The Morgan fingerprint density at radius 2 is 2.04 bits per heavy atom. The van der Waals surface area contributed by atoms with Gasteiger partial charge in [-0.2, -0.15) is 0 Å². The molecule has 3 fully saturated rings. The van der Waals surface area contributed by atoms with Gasteiger partial charge in [0.1, 0.15) is 5.60 Å². The van der Waals surface area contributed by atoms with Crippen molar-refractivity contribution in [3.8, 4) is 0 Å². The normalized spacial score (nSPS) is 25.0. The zero-order valence-electron chi connectivity index (χ0n) is 14.5. The van der Waals surface area contributed by atoms with E-state index in [0.717, 1.165) is 50.8 Å². The summed E-state index contributed by atoms with van der Waals surface area (Å²) in [6.45, 7) is 6.02. The van der Waals surface area contributed by atoms with Gasteiger partial charge in [0.15, 0.2) is 0 Å². The number of hydrogen-bond acceptors (Lipinski definition) is 3. The second-order valence-electron chi connectivity index (χ2n) is 7.73. The Kier molecular flexibility index (Phi) is 4.35. The summed E-state index contributed by atoms with van der Waals surface area (Å²) >= 11 is 0. The van der Waals surface area contributed by atoms with Crippen molar-refractivity contribution in [3.05, 3.63) is 35.4 Å². The molecule has 3 aliphatic rings. The molecule has 1 unspecified atom stereocenters. The van der Waals surface area contributed by atoms with E-state index in [2.05, 4.69) is 13.0 Å². The fraction of sp³-hybridized carbons (Fsp3) is 0.650. The Morgan fingerprint density at radius 3 is 2.79 bits per heavy atom. The van der Waals surface area contributed by atoms with Gasteiger partial charge < -0.3 is 14.4 Å². The average molecular weight is 329 g/mol. The molecule has 1 aliphatic carbocycles. The lowest BCUT2D eigenvalue weighted by Crippen LogP contribution is -2.66. The summed E-state index contributed by atoms with van der Waals surface area (Å²) in [6, 6.07) is 8.12. The van der Waals surface area contributed by atoms with Gasteiger partial charge in [0.2, 0.25) is 5.91 Å². The molecule has 0 radical (unpaired) electrons. The van der Waals surface area contributed by atoms with Crippen molar-refractivity contribution < 1.29 is 14.3 Å². The van der Waals surface area contributed by atoms with E-state index in [1.54, 1.807) is 0 Å². The Morgan fingerprint density at radius 1 is 1.25 bits per heavy atom. The van der Waals surface area contributed by atoms with Gasteiger partial charge in [-0.05, 0) is 43.2 Å². The fourth-order valence-corrected chi connectivity index (χ4v) is 3.89. The van der Waals surface area contributed by atoms with E-state index in [9.17, 15) is 4.79 Å². The van der Waals surface area contributed by atoms with Gasteiger partial charge >= 0.3 is 0 Å². The lowest BCUT2D eigenvalue weighted by Gasteiger charge is -2.50. The van der Waals surface area contributed by atoms with Crippen LogP contribution in [0.15, 0.2) is 24.3 Å². The van der Waals surface area contributed by atoms with Gasteiger partial charge in [0.05, 0.1) is 26.1 Å². The first-order chi connectivity index (χ1) is 11.7. The molecule has 130 valence electrons. The third-order valence-electron chi connectivity index (χ3n) is 5.84. The predicted octanol–water partition coefficient (Wildman–Crippen LogP) is 2.58. The number of carbonyl (C=O) groups excluding carboxylic acids is 1. The molecule has 1 aromatic carbocycles. The van der Waals surface area contributed by atoms with Crippen molar-refractivity contribution in [3.63, 3.8) is 0 Å². The summed E-state index contributed by atoms with van der Waals surface area (Å²) < 4.78 is 11.9. The largest absolute Gasteiger partial charge is 0.381 e. The Bertz CT molecular complexity index is 605. The summed E-state index contributed by atoms with van der Waals surface area (Å²) in [5.41, 5.74) is 2.18. The van der Waals surface area contributed by atoms with Crippen LogP contribution in [0.3, 0.4) is 0 Å². The van der Waals surface area contributed by atoms with E-state index in [1.807, 2.05) is 23.1 Å². The van der Waals surface area contributed by atoms with Crippen molar-refractivity contribution in [2.24, 2.45) is 11.8 Å². The zero-order chi connectivity index (χ0) is 16.6. The number of aryl methyl sites for hydroxylation is 1. The first-order valence-electron chi connectivity index (χ1n) is 9.20. The van der Waals surface area contributed by atoms with Gasteiger partial charge in [-0.25, -0.2) is 0 Å². The maximum absolute atomic E-state index is 12.5. The molecule has 0 bridgehead atoms. The third-order valence-corrected chi connectivity index (χ3v) is 5.84. The standard InChI is InChI=1S/C20H27NO3/c1-15-4-2-3-5-17(15)10-19(22)21-13-20(14-21)18(8-9-24-20)12-23-11-16-6-7-16/h2-5,16,18H,6-14H2,1H3. The highest BCUT2D eigenvalue weighted by molar-refractivity contribution is 5.80. The molecule has 2 aliphatic heterocycles. The first kappa shape index (κ1) is 16.1. The molecule has 1 saturated carbocycles. The molecule has 4 heteroatoms. The molecular weight excluding hydrogens is 302 g/mol. The van der Waals surface area contributed by atoms with Gasteiger partial charge in [-0.15, -0.1) is 0 Å². The zero-order valence-corrected chi connectivity index (χ0v) is 14.5. The molecule has 1 aromatic rings. The van der Waals surface area contributed by atoms with E-state index in [4.69, 9.17) is 9.47 Å². The van der Waals surface area contributed by atoms with E-state index in [0.29, 0.717) is 12.3 Å². The fourth-order valence-electron chi connectivity index (χ4n) is 3.89. The van der Waals surface area contributed by atoms with E-state index in [1.165, 1.54) is 18.4 Å². The molecule has 1 amide bonds. The number of rotatable bonds is 6. The Hall–Kier alpha value is -1.39. The van der Waals surface area contributed by atoms with Crippen molar-refractivity contribution in [2.45, 2.75) is 38.2 Å². The second kappa shape index (κ2) is 6.49. The van der Waals surface area contributed by atoms with E-state index < -0.39 is 0 Å². The number of carbonyl (C=O) groups is 1. The molecule has 4 rings (SSSR count). The monoisotopic (exact) mass is 329 g/mol. The summed E-state index contributed by atoms with van der Waals surface area (Å²) in [4.78, 5) is 14.5. The number of nitrogens with zero attached hydrogens (tertiary/aromatic N) is 1. The van der Waals surface area contributed by atoms with Crippen molar-refractivity contribution in [2.75, 3.05) is 32.9 Å². The quantitative estimate of drug-likeness (QED) is 0.805. The molecule has 0 N–H and O–H groups in total. The van der Waals surface area contributed by atoms with Crippen LogP contribution in [0.5, 0.6) is 0 Å². The van der Waals surface area contributed by atoms with Crippen LogP contribution in [-0.2, 0) is 20.7 Å². The number of likely N-dealkylation sites (tertiary alicyclic amines) is 1. The van der Waals surface area contributed by atoms with Crippen molar-refractivity contribution in [1.82, 2.24) is 4.90 Å². The number of hydrogen-bond donors (Lipinski definition) is 0. The lowest BCUT2D eigenvalue weighted by molar-refractivity contribution is -0.168. The predicted molar refractivity (Wildman–Crippen MR) is 91.8 cm³/mol. The second-order valence-corrected chi connectivity index (χ2v) is 7.73. The van der Waals surface area contributed by atoms with Crippen LogP contribution < -0.4 is 0 Å². The van der Waals surface area contributed by atoms with E-state index in [-0.39, 0.29) is 11.5 Å². The number of ether oxygens (including phenoxy) is 2. The molecule has 1 spiro atoms. The molecule has 1 atom stereocenters. The minimum Gasteiger partial charge on any atom is -0.381 e. The lowest BCUT2D eigenvalue weighted by atomic mass is 9.81. The average Bonchev–Trinajstić information content (AvgIpc) is 3.25. The maximum Gasteiger partial charge on any atom is 0.227 e. The van der Waals surface area contributed by atoms with E-state index >= 15 is 0 Å². The van der Waals surface area contributed by atoms with Crippen LogP contribution in [-0.4, -0.2) is 49.3 Å². The molecule has 4 nitrogen and oxygen atoms in total. The number of benzene rings is 1. The smallest absolute Gasteiger partial charge is 0.227 e. The Labute approximate surface area is 144 Å². The van der Waals surface area contributed by atoms with Crippen molar-refractivity contribution in [1.29, 1.82) is 0 Å². The molecule has 24 heavy (non-hydrogen) atoms. The van der Waals surface area contributed by atoms with Crippen LogP contribution in [0.25, 0.3) is 0 Å². The summed E-state index contributed by atoms with van der Waals surface area (Å²) in [6.07, 6.45) is 4.21. The first-order valence-corrected chi connectivity index (χ1v) is 9.20. The van der Waals surface area contributed by atoms with Gasteiger partial charge in [-0.3, -0.25) is 4.79 Å². The molecule has 2 heterocycles. The Balaban J connectivity index is 1.29. The highest BCUT2D eigenvalue weighted by Gasteiger charge is 2.54. The van der Waals surface area contributed by atoms with Crippen LogP contribution in [0, 0.1) is 18.8 Å². The SMILES string of the molecule is Cc1ccccc1CC(=O)N1CC2(C1)OCCC2COCC1CC1. The minimum absolute atomic E-state index is 0.134. The minimum atomic E-state index is -0.134. The highest BCUT2D eigenvalue weighted by Crippen LogP contribution is 2.40. The van der Waals surface area contributed by atoms with Gasteiger partial charge in [0, 0.05) is 19.1 Å². The van der Waals surface area contributed by atoms with Gasteiger partial charge in [0.25, 0.3) is 0 Å². The maximum atomic E-state index is 12.5. The van der Waals surface area contributed by atoms with Crippen LogP contribution in [0.4, 0.5) is 0 Å². The summed E-state index contributed by atoms with van der Waals surface area (Å²) in [7, 11) is 0. The molecular formula is C20H27NO3.